The fourth-order valence-corrected chi connectivity index (χ4v) is 3.75. The van der Waals surface area contributed by atoms with Crippen molar-refractivity contribution in [3.63, 3.8) is 0 Å². The third-order valence-corrected chi connectivity index (χ3v) is 5.35. The summed E-state index contributed by atoms with van der Waals surface area (Å²) < 4.78 is 0. The van der Waals surface area contributed by atoms with Crippen LogP contribution in [-0.4, -0.2) is 23.4 Å². The number of phenols is 1. The number of carbonyl (C=O) groups is 1. The van der Waals surface area contributed by atoms with Crippen molar-refractivity contribution in [3.8, 4) is 16.9 Å². The monoisotopic (exact) mass is 463 g/mol. The molecule has 7 nitrogen and oxygen atoms in total. The molecule has 3 aromatic rings. The molecule has 0 fully saturated rings. The van der Waals surface area contributed by atoms with E-state index >= 15 is 0 Å². The highest BCUT2D eigenvalue weighted by atomic mass is 35.5. The molecule has 0 atom stereocenters. The standard InChI is InChI=1S/C25H26ClN5O2/c1-2-10-30-21-13-20(26)23(17-4-3-5-18(27)11-17)19(24(21)33)12-22(32)31-14-15-6-8-16(9-7-15)25(28)29/h2-9,11,13,30,33H,1,10,12,14,27H2,(H3,28,29)(H,31,32). The van der Waals surface area contributed by atoms with Gasteiger partial charge in [0.05, 0.1) is 17.1 Å². The van der Waals surface area contributed by atoms with Crippen LogP contribution in [0.4, 0.5) is 11.4 Å². The summed E-state index contributed by atoms with van der Waals surface area (Å²) in [5.41, 5.74) is 15.5. The second-order valence-corrected chi connectivity index (χ2v) is 7.87. The molecular formula is C25H26ClN5O2. The molecule has 1 amide bonds. The largest absolute Gasteiger partial charge is 0.505 e. The normalized spacial score (nSPS) is 10.5. The summed E-state index contributed by atoms with van der Waals surface area (Å²) >= 11 is 6.59. The Balaban J connectivity index is 1.88. The minimum absolute atomic E-state index is 0.0167. The average molecular weight is 464 g/mol. The van der Waals surface area contributed by atoms with Gasteiger partial charge < -0.3 is 27.2 Å². The number of nitrogens with one attached hydrogen (secondary N) is 3. The van der Waals surface area contributed by atoms with E-state index in [1.54, 1.807) is 54.6 Å². The number of anilines is 2. The van der Waals surface area contributed by atoms with E-state index in [1.807, 2.05) is 6.07 Å². The first-order valence-electron chi connectivity index (χ1n) is 10.2. The summed E-state index contributed by atoms with van der Waals surface area (Å²) in [4.78, 5) is 12.8. The van der Waals surface area contributed by atoms with Gasteiger partial charge in [-0.2, -0.15) is 0 Å². The average Bonchev–Trinajstić information content (AvgIpc) is 2.79. The highest BCUT2D eigenvalue weighted by Crippen LogP contribution is 2.42. The van der Waals surface area contributed by atoms with Gasteiger partial charge in [-0.3, -0.25) is 10.2 Å². The second kappa shape index (κ2) is 10.6. The first-order valence-corrected chi connectivity index (χ1v) is 10.6. The summed E-state index contributed by atoms with van der Waals surface area (Å²) in [6.07, 6.45) is 1.56. The lowest BCUT2D eigenvalue weighted by Crippen LogP contribution is -2.25. The van der Waals surface area contributed by atoms with Crippen LogP contribution in [0.1, 0.15) is 16.7 Å². The predicted molar refractivity (Wildman–Crippen MR) is 135 cm³/mol. The summed E-state index contributed by atoms with van der Waals surface area (Å²) in [7, 11) is 0. The zero-order valence-corrected chi connectivity index (χ0v) is 18.7. The Morgan fingerprint density at radius 1 is 1.18 bits per heavy atom. The first kappa shape index (κ1) is 23.7. The Morgan fingerprint density at radius 3 is 2.55 bits per heavy atom. The van der Waals surface area contributed by atoms with Gasteiger partial charge >= 0.3 is 0 Å². The summed E-state index contributed by atoms with van der Waals surface area (Å²) in [6.45, 7) is 4.37. The zero-order valence-electron chi connectivity index (χ0n) is 18.0. The van der Waals surface area contributed by atoms with E-state index in [4.69, 9.17) is 28.5 Å². The molecule has 0 spiro atoms. The van der Waals surface area contributed by atoms with Crippen molar-refractivity contribution in [2.24, 2.45) is 5.73 Å². The highest BCUT2D eigenvalue weighted by Gasteiger charge is 2.21. The lowest BCUT2D eigenvalue weighted by Gasteiger charge is -2.18. The number of phenolic OH excluding ortho intramolecular Hbond substituents is 1. The van der Waals surface area contributed by atoms with Crippen molar-refractivity contribution < 1.29 is 9.90 Å². The van der Waals surface area contributed by atoms with Crippen LogP contribution in [0.5, 0.6) is 5.75 Å². The number of aromatic hydroxyl groups is 1. The van der Waals surface area contributed by atoms with Gasteiger partial charge in [-0.25, -0.2) is 0 Å². The molecule has 3 rings (SSSR count). The molecule has 0 saturated carbocycles. The highest BCUT2D eigenvalue weighted by molar-refractivity contribution is 6.34. The second-order valence-electron chi connectivity index (χ2n) is 7.47. The van der Waals surface area contributed by atoms with Crippen molar-refractivity contribution in [3.05, 3.63) is 89.0 Å². The molecule has 0 bridgehead atoms. The molecule has 0 aliphatic rings. The van der Waals surface area contributed by atoms with Gasteiger partial charge in [0.1, 0.15) is 11.6 Å². The number of benzene rings is 3. The van der Waals surface area contributed by atoms with Gasteiger partial charge in [0.2, 0.25) is 5.91 Å². The van der Waals surface area contributed by atoms with E-state index < -0.39 is 0 Å². The molecule has 0 aromatic heterocycles. The third-order valence-electron chi connectivity index (χ3n) is 5.06. The van der Waals surface area contributed by atoms with Gasteiger partial charge in [-0.1, -0.05) is 54.1 Å². The minimum atomic E-state index is -0.289. The quantitative estimate of drug-likeness (QED) is 0.0935. The number of amides is 1. The SMILES string of the molecule is C=CCNc1cc(Cl)c(-c2cccc(N)c2)c(CC(=O)NCc2ccc(C(=N)N)cc2)c1O. The Hall–Kier alpha value is -3.97. The predicted octanol–water partition coefficient (Wildman–Crippen LogP) is 4.04. The lowest BCUT2D eigenvalue weighted by molar-refractivity contribution is -0.120. The van der Waals surface area contributed by atoms with Gasteiger partial charge in [0, 0.05) is 35.5 Å². The van der Waals surface area contributed by atoms with E-state index in [1.165, 1.54) is 0 Å². The summed E-state index contributed by atoms with van der Waals surface area (Å²) in [6, 6.07) is 15.8. The Bertz CT molecular complexity index is 1190. The van der Waals surface area contributed by atoms with Crippen molar-refractivity contribution in [2.75, 3.05) is 17.6 Å². The maximum absolute atomic E-state index is 12.8. The van der Waals surface area contributed by atoms with E-state index in [0.29, 0.717) is 45.2 Å². The number of rotatable bonds is 9. The molecule has 170 valence electrons. The molecule has 33 heavy (non-hydrogen) atoms. The topological polar surface area (TPSA) is 137 Å². The van der Waals surface area contributed by atoms with E-state index in [-0.39, 0.29) is 30.5 Å². The van der Waals surface area contributed by atoms with Crippen LogP contribution >= 0.6 is 11.6 Å². The van der Waals surface area contributed by atoms with Crippen LogP contribution in [0, 0.1) is 5.41 Å². The van der Waals surface area contributed by atoms with E-state index in [9.17, 15) is 9.90 Å². The zero-order chi connectivity index (χ0) is 24.0. The molecule has 0 radical (unpaired) electrons. The van der Waals surface area contributed by atoms with Crippen molar-refractivity contribution in [1.29, 1.82) is 5.41 Å². The number of halogens is 1. The van der Waals surface area contributed by atoms with Crippen LogP contribution in [-0.2, 0) is 17.8 Å². The van der Waals surface area contributed by atoms with E-state index in [2.05, 4.69) is 17.2 Å². The number of nitrogens with two attached hydrogens (primary N) is 2. The molecule has 3 aromatic carbocycles. The molecule has 8 heteroatoms. The number of hydrogen-bond donors (Lipinski definition) is 6. The fourth-order valence-electron chi connectivity index (χ4n) is 3.41. The fraction of sp³-hybridized carbons (Fsp3) is 0.120. The number of nitrogen functional groups attached to an aromatic ring is 2. The van der Waals surface area contributed by atoms with Gasteiger partial charge in [-0.05, 0) is 29.3 Å². The Kier molecular flexibility index (Phi) is 7.58. The number of carbonyl (C=O) groups excluding carboxylic acids is 1. The van der Waals surface area contributed by atoms with Gasteiger partial charge in [0.25, 0.3) is 0 Å². The number of hydrogen-bond acceptors (Lipinski definition) is 5. The maximum atomic E-state index is 12.8. The van der Waals surface area contributed by atoms with Crippen molar-refractivity contribution in [1.82, 2.24) is 5.32 Å². The smallest absolute Gasteiger partial charge is 0.224 e. The number of amidine groups is 1. The Labute approximate surface area is 197 Å². The van der Waals surface area contributed by atoms with Crippen LogP contribution in [0.15, 0.2) is 67.3 Å². The lowest BCUT2D eigenvalue weighted by atomic mass is 9.95. The third kappa shape index (κ3) is 5.84. The summed E-state index contributed by atoms with van der Waals surface area (Å²) in [5, 5.41) is 24.7. The molecule has 0 unspecified atom stereocenters. The maximum Gasteiger partial charge on any atom is 0.224 e. The van der Waals surface area contributed by atoms with Gasteiger partial charge in [0.15, 0.2) is 0 Å². The molecular weight excluding hydrogens is 438 g/mol. The molecule has 0 aliphatic carbocycles. The van der Waals surface area contributed by atoms with Crippen LogP contribution in [0.25, 0.3) is 11.1 Å². The first-order chi connectivity index (χ1) is 15.8. The molecule has 0 heterocycles. The van der Waals surface area contributed by atoms with Crippen LogP contribution in [0.3, 0.4) is 0 Å². The van der Waals surface area contributed by atoms with Gasteiger partial charge in [-0.15, -0.1) is 6.58 Å². The summed E-state index contributed by atoms with van der Waals surface area (Å²) in [5.74, 6) is -0.361. The minimum Gasteiger partial charge on any atom is -0.505 e. The molecule has 0 aliphatic heterocycles. The Morgan fingerprint density at radius 2 is 1.91 bits per heavy atom. The van der Waals surface area contributed by atoms with Crippen molar-refractivity contribution >= 4 is 34.7 Å². The van der Waals surface area contributed by atoms with E-state index in [0.717, 1.165) is 5.56 Å². The van der Waals surface area contributed by atoms with Crippen LogP contribution in [0.2, 0.25) is 5.02 Å². The molecule has 0 saturated heterocycles. The van der Waals surface area contributed by atoms with Crippen molar-refractivity contribution in [2.45, 2.75) is 13.0 Å². The molecule has 8 N–H and O–H groups in total. The van der Waals surface area contributed by atoms with Crippen LogP contribution < -0.4 is 22.1 Å².